The van der Waals surface area contributed by atoms with Crippen molar-refractivity contribution in [3.63, 3.8) is 0 Å². The minimum atomic E-state index is -3.64. The SMILES string of the molecule is Cc1cc2c(cc1S(=O)(=O)NCC13CC4CC(CC(C4)C1)C3)NC(=O)CO2. The molecule has 1 aromatic carbocycles. The summed E-state index contributed by atoms with van der Waals surface area (Å²) in [7, 11) is -3.64. The zero-order valence-corrected chi connectivity index (χ0v) is 16.4. The number of hydrogen-bond donors (Lipinski definition) is 2. The van der Waals surface area contributed by atoms with Crippen molar-refractivity contribution in [3.05, 3.63) is 17.7 Å². The number of carbonyl (C=O) groups is 1. The summed E-state index contributed by atoms with van der Waals surface area (Å²) in [5, 5.41) is 2.69. The van der Waals surface area contributed by atoms with Gasteiger partial charge in [-0.15, -0.1) is 0 Å². The van der Waals surface area contributed by atoms with Gasteiger partial charge in [0.05, 0.1) is 10.6 Å². The van der Waals surface area contributed by atoms with Gasteiger partial charge in [0, 0.05) is 6.54 Å². The predicted octanol–water partition coefficient (Wildman–Crippen LogP) is 2.82. The van der Waals surface area contributed by atoms with Crippen molar-refractivity contribution in [2.45, 2.75) is 50.3 Å². The van der Waals surface area contributed by atoms with E-state index in [0.29, 0.717) is 23.5 Å². The molecule has 0 spiro atoms. The number of carbonyl (C=O) groups excluding carboxylic acids is 1. The number of rotatable bonds is 4. The van der Waals surface area contributed by atoms with Gasteiger partial charge in [0.1, 0.15) is 5.75 Å². The zero-order valence-electron chi connectivity index (χ0n) is 15.6. The Labute approximate surface area is 160 Å². The van der Waals surface area contributed by atoms with E-state index in [-0.39, 0.29) is 22.8 Å². The van der Waals surface area contributed by atoms with E-state index in [9.17, 15) is 13.2 Å². The van der Waals surface area contributed by atoms with Gasteiger partial charge in [-0.25, -0.2) is 13.1 Å². The molecule has 27 heavy (non-hydrogen) atoms. The fraction of sp³-hybridized carbons (Fsp3) is 0.650. The van der Waals surface area contributed by atoms with Gasteiger partial charge in [0.2, 0.25) is 10.0 Å². The number of amides is 1. The Morgan fingerprint density at radius 1 is 1.15 bits per heavy atom. The third-order valence-electron chi connectivity index (χ3n) is 7.00. The summed E-state index contributed by atoms with van der Waals surface area (Å²) in [6.45, 7) is 2.25. The summed E-state index contributed by atoms with van der Waals surface area (Å²) in [5.41, 5.74) is 1.19. The average Bonchev–Trinajstić information content (AvgIpc) is 2.59. The molecular formula is C20H26N2O4S. The van der Waals surface area contributed by atoms with Crippen LogP contribution in [0.3, 0.4) is 0 Å². The van der Waals surface area contributed by atoms with Gasteiger partial charge in [0.25, 0.3) is 5.91 Å². The number of nitrogens with one attached hydrogen (secondary N) is 2. The van der Waals surface area contributed by atoms with Crippen LogP contribution >= 0.6 is 0 Å². The van der Waals surface area contributed by atoms with Gasteiger partial charge >= 0.3 is 0 Å². The molecule has 2 N–H and O–H groups in total. The maximum Gasteiger partial charge on any atom is 0.262 e. The fourth-order valence-electron chi connectivity index (χ4n) is 6.33. The van der Waals surface area contributed by atoms with E-state index in [0.717, 1.165) is 37.0 Å². The third-order valence-corrected chi connectivity index (χ3v) is 8.55. The van der Waals surface area contributed by atoms with Crippen molar-refractivity contribution in [3.8, 4) is 5.75 Å². The first-order valence-electron chi connectivity index (χ1n) is 9.89. The minimum absolute atomic E-state index is 0.0389. The van der Waals surface area contributed by atoms with Crippen LogP contribution in [0.1, 0.15) is 44.1 Å². The van der Waals surface area contributed by atoms with Crippen LogP contribution < -0.4 is 14.8 Å². The zero-order chi connectivity index (χ0) is 18.8. The van der Waals surface area contributed by atoms with Crippen LogP contribution in [0.15, 0.2) is 17.0 Å². The third kappa shape index (κ3) is 3.05. The monoisotopic (exact) mass is 390 g/mol. The fourth-order valence-corrected chi connectivity index (χ4v) is 7.74. The summed E-state index contributed by atoms with van der Waals surface area (Å²) in [6.07, 6.45) is 7.51. The van der Waals surface area contributed by atoms with Gasteiger partial charge in [-0.1, -0.05) is 0 Å². The molecule has 1 amide bonds. The van der Waals surface area contributed by atoms with Crippen LogP contribution in [-0.2, 0) is 14.8 Å². The minimum Gasteiger partial charge on any atom is -0.482 e. The van der Waals surface area contributed by atoms with Gasteiger partial charge in [0.15, 0.2) is 6.61 Å². The highest BCUT2D eigenvalue weighted by atomic mass is 32.2. The number of hydrogen-bond acceptors (Lipinski definition) is 4. The number of anilines is 1. The molecule has 1 aromatic rings. The van der Waals surface area contributed by atoms with Gasteiger partial charge in [-0.2, -0.15) is 0 Å². The molecule has 5 aliphatic rings. The number of sulfonamides is 1. The summed E-state index contributed by atoms with van der Waals surface area (Å²) in [4.78, 5) is 11.8. The Morgan fingerprint density at radius 2 is 1.78 bits per heavy atom. The molecule has 7 heteroatoms. The predicted molar refractivity (Wildman–Crippen MR) is 101 cm³/mol. The highest BCUT2D eigenvalue weighted by molar-refractivity contribution is 7.89. The number of aryl methyl sites for hydroxylation is 1. The molecule has 4 bridgehead atoms. The second-order valence-electron chi connectivity index (χ2n) is 9.19. The van der Waals surface area contributed by atoms with E-state index in [1.807, 2.05) is 0 Å². The van der Waals surface area contributed by atoms with Crippen LogP contribution in [0, 0.1) is 30.1 Å². The number of benzene rings is 1. The van der Waals surface area contributed by atoms with Crippen molar-refractivity contribution in [2.75, 3.05) is 18.5 Å². The van der Waals surface area contributed by atoms with Gasteiger partial charge in [-0.05, 0) is 86.3 Å². The number of fused-ring (bicyclic) bond motifs is 1. The van der Waals surface area contributed by atoms with E-state index >= 15 is 0 Å². The van der Waals surface area contributed by atoms with Crippen molar-refractivity contribution in [1.29, 1.82) is 0 Å². The quantitative estimate of drug-likeness (QED) is 0.828. The maximum absolute atomic E-state index is 13.0. The van der Waals surface area contributed by atoms with Gasteiger partial charge in [-0.3, -0.25) is 4.79 Å². The first-order valence-corrected chi connectivity index (χ1v) is 11.4. The molecule has 0 saturated heterocycles. The Kier molecular flexibility index (Phi) is 3.85. The normalized spacial score (nSPS) is 34.1. The summed E-state index contributed by atoms with van der Waals surface area (Å²) in [6, 6.07) is 3.21. The molecule has 4 fully saturated rings. The lowest BCUT2D eigenvalue weighted by molar-refractivity contribution is -0.118. The molecule has 4 aliphatic carbocycles. The van der Waals surface area contributed by atoms with Crippen LogP contribution in [0.25, 0.3) is 0 Å². The first kappa shape index (κ1) is 17.5. The van der Waals surface area contributed by atoms with E-state index < -0.39 is 10.0 Å². The van der Waals surface area contributed by atoms with Crippen molar-refractivity contribution < 1.29 is 17.9 Å². The van der Waals surface area contributed by atoms with Crippen LogP contribution in [0.5, 0.6) is 5.75 Å². The van der Waals surface area contributed by atoms with Gasteiger partial charge < -0.3 is 10.1 Å². The molecule has 4 saturated carbocycles. The highest BCUT2D eigenvalue weighted by Gasteiger charge is 2.51. The summed E-state index contributed by atoms with van der Waals surface area (Å²) in [5.74, 6) is 2.62. The summed E-state index contributed by atoms with van der Waals surface area (Å²) >= 11 is 0. The van der Waals surface area contributed by atoms with Crippen LogP contribution in [0.4, 0.5) is 5.69 Å². The lowest BCUT2D eigenvalue weighted by atomic mass is 9.50. The molecule has 1 heterocycles. The lowest BCUT2D eigenvalue weighted by Crippen LogP contribution is -2.51. The van der Waals surface area contributed by atoms with Crippen molar-refractivity contribution >= 4 is 21.6 Å². The van der Waals surface area contributed by atoms with E-state index in [2.05, 4.69) is 10.0 Å². The average molecular weight is 391 g/mol. The lowest BCUT2D eigenvalue weighted by Gasteiger charge is -2.56. The molecule has 6 nitrogen and oxygen atoms in total. The molecule has 1 aliphatic heterocycles. The Balaban J connectivity index is 1.38. The topological polar surface area (TPSA) is 84.5 Å². The standard InChI is InChI=1S/C20H26N2O4S/c1-12-2-17-16(22-19(23)10-26-17)6-18(12)27(24,25)21-11-20-7-13-3-14(8-20)5-15(4-13)9-20/h2,6,13-15,21H,3-5,7-11H2,1H3,(H,22,23). The second kappa shape index (κ2) is 5.95. The van der Waals surface area contributed by atoms with E-state index in [4.69, 9.17) is 4.74 Å². The summed E-state index contributed by atoms with van der Waals surface area (Å²) < 4.78 is 34.4. The molecule has 6 rings (SSSR count). The van der Waals surface area contributed by atoms with Crippen LogP contribution in [-0.4, -0.2) is 27.5 Å². The van der Waals surface area contributed by atoms with Crippen LogP contribution in [0.2, 0.25) is 0 Å². The Morgan fingerprint density at radius 3 is 2.41 bits per heavy atom. The molecule has 0 unspecified atom stereocenters. The molecular weight excluding hydrogens is 364 g/mol. The Hall–Kier alpha value is -1.60. The number of ether oxygens (including phenoxy) is 1. The van der Waals surface area contributed by atoms with Crippen molar-refractivity contribution in [1.82, 2.24) is 4.72 Å². The smallest absolute Gasteiger partial charge is 0.262 e. The second-order valence-corrected chi connectivity index (χ2v) is 10.9. The van der Waals surface area contributed by atoms with E-state index in [1.54, 1.807) is 13.0 Å². The van der Waals surface area contributed by atoms with E-state index in [1.165, 1.54) is 25.3 Å². The molecule has 146 valence electrons. The molecule has 0 atom stereocenters. The van der Waals surface area contributed by atoms with Crippen molar-refractivity contribution in [2.24, 2.45) is 23.2 Å². The largest absolute Gasteiger partial charge is 0.482 e. The molecule has 0 aromatic heterocycles. The highest BCUT2D eigenvalue weighted by Crippen LogP contribution is 2.59. The molecule has 0 radical (unpaired) electrons. The maximum atomic E-state index is 13.0. The first-order chi connectivity index (χ1) is 12.8. The Bertz CT molecular complexity index is 874.